The second-order valence-corrected chi connectivity index (χ2v) is 5.42. The van der Waals surface area contributed by atoms with Crippen molar-refractivity contribution < 1.29 is 9.53 Å². The van der Waals surface area contributed by atoms with Crippen LogP contribution in [0.1, 0.15) is 46.0 Å². The van der Waals surface area contributed by atoms with Crippen LogP contribution in [0.2, 0.25) is 0 Å². The van der Waals surface area contributed by atoms with Gasteiger partial charge >= 0.3 is 0 Å². The smallest absolute Gasteiger partial charge is 0.246 e. The van der Waals surface area contributed by atoms with Crippen molar-refractivity contribution in [3.05, 3.63) is 0 Å². The Morgan fingerprint density at radius 2 is 2.06 bits per heavy atom. The minimum Gasteiger partial charge on any atom is -0.391 e. The topological polar surface area (TPSA) is 64.3 Å². The lowest BCUT2D eigenvalue weighted by atomic mass is 9.75. The van der Waals surface area contributed by atoms with Crippen molar-refractivity contribution in [2.24, 2.45) is 11.7 Å². The maximum atomic E-state index is 11.8. The summed E-state index contributed by atoms with van der Waals surface area (Å²) in [7, 11) is 0. The maximum absolute atomic E-state index is 11.8. The van der Waals surface area contributed by atoms with E-state index in [4.69, 9.17) is 22.7 Å². The molecule has 0 saturated heterocycles. The second-order valence-electron chi connectivity index (χ2n) is 4.98. The molecule has 0 unspecified atom stereocenters. The lowest BCUT2D eigenvalue weighted by Gasteiger charge is -2.40. The van der Waals surface area contributed by atoms with Crippen molar-refractivity contribution in [1.29, 1.82) is 0 Å². The van der Waals surface area contributed by atoms with Crippen LogP contribution in [-0.4, -0.2) is 29.6 Å². The van der Waals surface area contributed by atoms with Crippen LogP contribution in [0.15, 0.2) is 0 Å². The Kier molecular flexibility index (Phi) is 6.02. The molecule has 0 aliphatic heterocycles. The van der Waals surface area contributed by atoms with Gasteiger partial charge in [0.15, 0.2) is 0 Å². The van der Waals surface area contributed by atoms with E-state index in [-0.39, 0.29) is 12.5 Å². The number of carbonyl (C=O) groups is 1. The molecule has 0 radical (unpaired) electrons. The zero-order chi connectivity index (χ0) is 13.6. The van der Waals surface area contributed by atoms with E-state index in [1.165, 1.54) is 6.42 Å². The SMILES string of the molecule is CCOCC(=O)NC1(C(N)=S)CCC(CC)CC1. The van der Waals surface area contributed by atoms with Gasteiger partial charge in [0.1, 0.15) is 6.61 Å². The summed E-state index contributed by atoms with van der Waals surface area (Å²) in [4.78, 5) is 12.2. The molecule has 1 fully saturated rings. The Morgan fingerprint density at radius 3 is 2.50 bits per heavy atom. The maximum Gasteiger partial charge on any atom is 0.246 e. The standard InChI is InChI=1S/C13H24N2O2S/c1-3-10-5-7-13(8-6-10,12(14)18)15-11(16)9-17-4-2/h10H,3-9H2,1-2H3,(H2,14,18)(H,15,16). The van der Waals surface area contributed by atoms with E-state index in [0.717, 1.165) is 31.6 Å². The monoisotopic (exact) mass is 272 g/mol. The van der Waals surface area contributed by atoms with Crippen LogP contribution >= 0.6 is 12.2 Å². The van der Waals surface area contributed by atoms with Crippen molar-refractivity contribution in [1.82, 2.24) is 5.32 Å². The normalized spacial score (nSPS) is 27.8. The van der Waals surface area contributed by atoms with E-state index < -0.39 is 5.54 Å². The number of thiocarbonyl (C=S) groups is 1. The number of nitrogens with two attached hydrogens (primary N) is 1. The molecule has 1 aliphatic rings. The van der Waals surface area contributed by atoms with Crippen LogP contribution in [0.3, 0.4) is 0 Å². The molecule has 104 valence electrons. The fourth-order valence-corrected chi connectivity index (χ4v) is 2.76. The van der Waals surface area contributed by atoms with Crippen LogP contribution in [0.4, 0.5) is 0 Å². The summed E-state index contributed by atoms with van der Waals surface area (Å²) in [6, 6.07) is 0. The van der Waals surface area contributed by atoms with Crippen LogP contribution in [-0.2, 0) is 9.53 Å². The minimum atomic E-state index is -0.491. The Hall–Kier alpha value is -0.680. The van der Waals surface area contributed by atoms with Gasteiger partial charge in [-0.25, -0.2) is 0 Å². The van der Waals surface area contributed by atoms with Crippen molar-refractivity contribution in [3.63, 3.8) is 0 Å². The number of hydrogen-bond acceptors (Lipinski definition) is 3. The molecule has 1 aliphatic carbocycles. The number of ether oxygens (including phenoxy) is 1. The molecule has 1 saturated carbocycles. The highest BCUT2D eigenvalue weighted by atomic mass is 32.1. The Bertz CT molecular complexity index is 299. The molecule has 1 rings (SSSR count). The third-order valence-corrected chi connectivity index (χ3v) is 4.21. The van der Waals surface area contributed by atoms with Gasteiger partial charge in [-0.3, -0.25) is 4.79 Å². The number of rotatable bonds is 6. The van der Waals surface area contributed by atoms with Gasteiger partial charge in [0.05, 0.1) is 10.5 Å². The van der Waals surface area contributed by atoms with Gasteiger partial charge in [-0.15, -0.1) is 0 Å². The Balaban J connectivity index is 2.60. The first kappa shape index (κ1) is 15.4. The van der Waals surface area contributed by atoms with E-state index in [1.807, 2.05) is 6.92 Å². The first-order valence-corrected chi connectivity index (χ1v) is 7.13. The van der Waals surface area contributed by atoms with Gasteiger partial charge in [0.2, 0.25) is 5.91 Å². The van der Waals surface area contributed by atoms with Crippen molar-refractivity contribution in [2.75, 3.05) is 13.2 Å². The van der Waals surface area contributed by atoms with Crippen molar-refractivity contribution in [2.45, 2.75) is 51.5 Å². The average Bonchev–Trinajstić information content (AvgIpc) is 2.37. The Morgan fingerprint density at radius 1 is 1.44 bits per heavy atom. The van der Waals surface area contributed by atoms with Gasteiger partial charge in [0.25, 0.3) is 0 Å². The third kappa shape index (κ3) is 3.92. The van der Waals surface area contributed by atoms with Crippen molar-refractivity contribution >= 4 is 23.1 Å². The molecule has 1 amide bonds. The van der Waals surface area contributed by atoms with E-state index >= 15 is 0 Å². The fraction of sp³-hybridized carbons (Fsp3) is 0.846. The summed E-state index contributed by atoms with van der Waals surface area (Å²) >= 11 is 5.16. The predicted molar refractivity (Wildman–Crippen MR) is 76.4 cm³/mol. The molecule has 0 heterocycles. The van der Waals surface area contributed by atoms with Crippen LogP contribution in [0.25, 0.3) is 0 Å². The number of amides is 1. The minimum absolute atomic E-state index is 0.0814. The van der Waals surface area contributed by atoms with Gasteiger partial charge in [0, 0.05) is 6.61 Å². The molecule has 3 N–H and O–H groups in total. The zero-order valence-electron chi connectivity index (χ0n) is 11.3. The molecule has 0 aromatic carbocycles. The van der Waals surface area contributed by atoms with Gasteiger partial charge in [-0.1, -0.05) is 25.6 Å². The van der Waals surface area contributed by atoms with Crippen LogP contribution in [0, 0.1) is 5.92 Å². The predicted octanol–water partition coefficient (Wildman–Crippen LogP) is 1.76. The summed E-state index contributed by atoms with van der Waals surface area (Å²) in [5.74, 6) is 0.607. The zero-order valence-corrected chi connectivity index (χ0v) is 12.1. The highest BCUT2D eigenvalue weighted by Gasteiger charge is 2.38. The molecular formula is C13H24N2O2S. The van der Waals surface area contributed by atoms with E-state index in [9.17, 15) is 4.79 Å². The molecule has 0 atom stereocenters. The third-order valence-electron chi connectivity index (χ3n) is 3.82. The van der Waals surface area contributed by atoms with Gasteiger partial charge in [-0.05, 0) is 38.5 Å². The first-order valence-electron chi connectivity index (χ1n) is 6.72. The number of carbonyl (C=O) groups excluding carboxylic acids is 1. The molecule has 0 spiro atoms. The van der Waals surface area contributed by atoms with Gasteiger partial charge < -0.3 is 15.8 Å². The highest BCUT2D eigenvalue weighted by molar-refractivity contribution is 7.80. The van der Waals surface area contributed by atoms with E-state index in [1.54, 1.807) is 0 Å². The second kappa shape index (κ2) is 7.04. The van der Waals surface area contributed by atoms with E-state index in [2.05, 4.69) is 12.2 Å². The molecule has 4 nitrogen and oxygen atoms in total. The van der Waals surface area contributed by atoms with Crippen molar-refractivity contribution in [3.8, 4) is 0 Å². The summed E-state index contributed by atoms with van der Waals surface area (Å²) in [5.41, 5.74) is 5.35. The summed E-state index contributed by atoms with van der Waals surface area (Å²) in [5, 5.41) is 2.98. The van der Waals surface area contributed by atoms with E-state index in [0.29, 0.717) is 11.6 Å². The molecule has 0 aromatic rings. The molecule has 5 heteroatoms. The summed E-state index contributed by atoms with van der Waals surface area (Å²) in [6.45, 7) is 4.68. The summed E-state index contributed by atoms with van der Waals surface area (Å²) < 4.78 is 5.11. The van der Waals surface area contributed by atoms with Crippen LogP contribution in [0.5, 0.6) is 0 Å². The summed E-state index contributed by atoms with van der Waals surface area (Å²) in [6.07, 6.45) is 5.02. The Labute approximate surface area is 115 Å². The highest BCUT2D eigenvalue weighted by Crippen LogP contribution is 2.34. The van der Waals surface area contributed by atoms with Crippen LogP contribution < -0.4 is 11.1 Å². The molecule has 0 aromatic heterocycles. The molecule has 18 heavy (non-hydrogen) atoms. The lowest BCUT2D eigenvalue weighted by molar-refractivity contribution is -0.127. The lowest BCUT2D eigenvalue weighted by Crippen LogP contribution is -2.59. The molecule has 0 bridgehead atoms. The molecular weight excluding hydrogens is 248 g/mol. The fourth-order valence-electron chi connectivity index (χ4n) is 2.51. The number of hydrogen-bond donors (Lipinski definition) is 2. The average molecular weight is 272 g/mol. The number of nitrogens with one attached hydrogen (secondary N) is 1. The van der Waals surface area contributed by atoms with Gasteiger partial charge in [-0.2, -0.15) is 0 Å². The largest absolute Gasteiger partial charge is 0.391 e. The quantitative estimate of drug-likeness (QED) is 0.723. The first-order chi connectivity index (χ1) is 8.54.